The van der Waals surface area contributed by atoms with Crippen LogP contribution in [0, 0.1) is 29.2 Å². The average molecular weight is 593 g/mol. The molecular weight excluding hydrogens is 544 g/mol. The van der Waals surface area contributed by atoms with Crippen molar-refractivity contribution in [1.82, 2.24) is 0 Å². The van der Waals surface area contributed by atoms with Crippen LogP contribution in [0.1, 0.15) is 108 Å². The quantitative estimate of drug-likeness (QED) is 0.0924. The van der Waals surface area contributed by atoms with Crippen molar-refractivity contribution in [3.8, 4) is 16.9 Å². The molecule has 0 aromatic heterocycles. The van der Waals surface area contributed by atoms with Gasteiger partial charge in [0, 0.05) is 24.3 Å². The molecule has 2 aromatic rings. The van der Waals surface area contributed by atoms with E-state index in [0.29, 0.717) is 29.9 Å². The van der Waals surface area contributed by atoms with Crippen LogP contribution in [0.15, 0.2) is 18.2 Å². The van der Waals surface area contributed by atoms with Gasteiger partial charge in [0.05, 0.1) is 6.10 Å². The molecule has 0 bridgehead atoms. The molecule has 3 nitrogen and oxygen atoms in total. The lowest BCUT2D eigenvalue weighted by Gasteiger charge is -2.26. The molecule has 0 saturated carbocycles. The fourth-order valence-corrected chi connectivity index (χ4v) is 6.10. The maximum atomic E-state index is 15.3. The number of fused-ring (bicyclic) bond motifs is 1. The summed E-state index contributed by atoms with van der Waals surface area (Å²) in [5.74, 6) is -4.46. The Kier molecular flexibility index (Phi) is 13.0. The molecule has 3 unspecified atom stereocenters. The van der Waals surface area contributed by atoms with E-state index in [4.69, 9.17) is 14.2 Å². The molecular formula is C35H48F4O3. The molecule has 1 fully saturated rings. The zero-order valence-electron chi connectivity index (χ0n) is 25.4. The number of hydrogen-bond acceptors (Lipinski definition) is 3. The minimum atomic E-state index is -1.23. The maximum Gasteiger partial charge on any atom is 0.201 e. The number of epoxide rings is 1. The van der Waals surface area contributed by atoms with Gasteiger partial charge in [0.1, 0.15) is 12.7 Å². The van der Waals surface area contributed by atoms with E-state index in [-0.39, 0.29) is 35.7 Å². The Morgan fingerprint density at radius 3 is 2.21 bits per heavy atom. The van der Waals surface area contributed by atoms with Crippen molar-refractivity contribution in [3.63, 3.8) is 0 Å². The van der Waals surface area contributed by atoms with Gasteiger partial charge in [0.2, 0.25) is 5.82 Å². The van der Waals surface area contributed by atoms with E-state index in [9.17, 15) is 4.39 Å². The van der Waals surface area contributed by atoms with E-state index in [1.807, 2.05) is 0 Å². The second-order valence-corrected chi connectivity index (χ2v) is 12.1. The Balaban J connectivity index is 1.29. The van der Waals surface area contributed by atoms with Crippen LogP contribution in [0.5, 0.6) is 5.75 Å². The zero-order chi connectivity index (χ0) is 29.9. The van der Waals surface area contributed by atoms with E-state index in [2.05, 4.69) is 13.8 Å². The smallest absolute Gasteiger partial charge is 0.201 e. The van der Waals surface area contributed by atoms with E-state index in [0.717, 1.165) is 77.4 Å². The molecule has 234 valence electrons. The van der Waals surface area contributed by atoms with Crippen LogP contribution in [0.3, 0.4) is 0 Å². The lowest BCUT2D eigenvalue weighted by Crippen LogP contribution is -2.17. The van der Waals surface area contributed by atoms with Crippen molar-refractivity contribution in [2.24, 2.45) is 5.92 Å². The molecule has 7 heteroatoms. The Morgan fingerprint density at radius 2 is 1.43 bits per heavy atom. The highest BCUT2D eigenvalue weighted by Gasteiger charge is 2.39. The monoisotopic (exact) mass is 592 g/mol. The van der Waals surface area contributed by atoms with Crippen molar-refractivity contribution in [2.45, 2.75) is 122 Å². The predicted octanol–water partition coefficient (Wildman–Crippen LogP) is 9.90. The number of halogens is 4. The lowest BCUT2D eigenvalue weighted by molar-refractivity contribution is 0.125. The van der Waals surface area contributed by atoms with Crippen molar-refractivity contribution in [2.75, 3.05) is 19.8 Å². The van der Waals surface area contributed by atoms with Gasteiger partial charge in [-0.1, -0.05) is 71.6 Å². The molecule has 1 aliphatic heterocycles. The van der Waals surface area contributed by atoms with Crippen molar-refractivity contribution < 1.29 is 31.8 Å². The summed E-state index contributed by atoms with van der Waals surface area (Å²) in [4.78, 5) is 0. The van der Waals surface area contributed by atoms with Crippen LogP contribution >= 0.6 is 0 Å². The van der Waals surface area contributed by atoms with Gasteiger partial charge < -0.3 is 14.2 Å². The Bertz CT molecular complexity index is 1140. The molecule has 2 aliphatic rings. The first-order valence-corrected chi connectivity index (χ1v) is 16.3. The summed E-state index contributed by atoms with van der Waals surface area (Å²) in [6.45, 7) is 6.06. The highest BCUT2D eigenvalue weighted by atomic mass is 19.2. The van der Waals surface area contributed by atoms with Gasteiger partial charge in [-0.05, 0) is 73.8 Å². The predicted molar refractivity (Wildman–Crippen MR) is 159 cm³/mol. The largest absolute Gasteiger partial charge is 0.488 e. The third-order valence-corrected chi connectivity index (χ3v) is 8.78. The van der Waals surface area contributed by atoms with Gasteiger partial charge in [-0.15, -0.1) is 0 Å². The number of rotatable bonds is 19. The van der Waals surface area contributed by atoms with Crippen LogP contribution in [0.4, 0.5) is 17.6 Å². The number of ether oxygens (including phenoxy) is 3. The minimum absolute atomic E-state index is 0.0981. The van der Waals surface area contributed by atoms with Gasteiger partial charge in [-0.2, -0.15) is 4.39 Å². The summed E-state index contributed by atoms with van der Waals surface area (Å²) < 4.78 is 77.3. The standard InChI is InChI=1S/C35H48F4O3/c1-3-5-7-10-14-29-31(42-29)23-41-30-18-17-26(32(36)35(30)39)28-22-25-16-15-24(21-27(25)33(37)34(28)38)13-9-8-12-20-40-19-11-6-4-2/h17-18,22,24,29,31H,3-16,19-21,23H2,1-2H3. The van der Waals surface area contributed by atoms with Crippen LogP contribution in [0.25, 0.3) is 11.1 Å². The van der Waals surface area contributed by atoms with Gasteiger partial charge in [0.15, 0.2) is 23.2 Å². The lowest BCUT2D eigenvalue weighted by atomic mass is 9.80. The molecule has 0 spiro atoms. The summed E-state index contributed by atoms with van der Waals surface area (Å²) in [6, 6.07) is 4.06. The normalized spacial score (nSPS) is 19.6. The summed E-state index contributed by atoms with van der Waals surface area (Å²) >= 11 is 0. The molecule has 1 heterocycles. The Hall–Kier alpha value is -2.12. The van der Waals surface area contributed by atoms with Crippen LogP contribution in [-0.4, -0.2) is 32.0 Å². The third-order valence-electron chi connectivity index (χ3n) is 8.78. The zero-order valence-corrected chi connectivity index (χ0v) is 25.4. The van der Waals surface area contributed by atoms with Gasteiger partial charge in [0.25, 0.3) is 0 Å². The molecule has 1 saturated heterocycles. The second-order valence-electron chi connectivity index (χ2n) is 12.1. The fourth-order valence-electron chi connectivity index (χ4n) is 6.10. The van der Waals surface area contributed by atoms with Crippen LogP contribution in [-0.2, 0) is 22.3 Å². The summed E-state index contributed by atoms with van der Waals surface area (Å²) in [5.41, 5.74) is 0.511. The third kappa shape index (κ3) is 8.95. The van der Waals surface area contributed by atoms with E-state index >= 15 is 13.2 Å². The summed E-state index contributed by atoms with van der Waals surface area (Å²) in [7, 11) is 0. The maximum absolute atomic E-state index is 15.3. The van der Waals surface area contributed by atoms with Gasteiger partial charge >= 0.3 is 0 Å². The number of unbranched alkanes of at least 4 members (excludes halogenated alkanes) is 7. The molecule has 0 amide bonds. The average Bonchev–Trinajstić information content (AvgIpc) is 3.75. The number of benzene rings is 2. The highest BCUT2D eigenvalue weighted by molar-refractivity contribution is 5.68. The van der Waals surface area contributed by atoms with Gasteiger partial charge in [-0.3, -0.25) is 0 Å². The first kappa shape index (κ1) is 32.8. The van der Waals surface area contributed by atoms with Crippen molar-refractivity contribution in [3.05, 3.63) is 52.6 Å². The van der Waals surface area contributed by atoms with Crippen molar-refractivity contribution in [1.29, 1.82) is 0 Å². The van der Waals surface area contributed by atoms with E-state index in [1.54, 1.807) is 0 Å². The van der Waals surface area contributed by atoms with E-state index < -0.39 is 23.3 Å². The summed E-state index contributed by atoms with van der Waals surface area (Å²) in [6.07, 6.45) is 15.0. The molecule has 4 rings (SSSR count). The second kappa shape index (κ2) is 16.7. The van der Waals surface area contributed by atoms with E-state index in [1.165, 1.54) is 37.5 Å². The van der Waals surface area contributed by atoms with Gasteiger partial charge in [-0.25, -0.2) is 13.2 Å². The Morgan fingerprint density at radius 1 is 0.738 bits per heavy atom. The number of aryl methyl sites for hydroxylation is 1. The first-order chi connectivity index (χ1) is 20.4. The Labute approximate surface area is 249 Å². The summed E-state index contributed by atoms with van der Waals surface area (Å²) in [5, 5.41) is 0. The number of hydrogen-bond donors (Lipinski definition) is 0. The molecule has 1 aliphatic carbocycles. The van der Waals surface area contributed by atoms with Crippen molar-refractivity contribution >= 4 is 0 Å². The molecule has 0 radical (unpaired) electrons. The minimum Gasteiger partial charge on any atom is -0.488 e. The first-order valence-electron chi connectivity index (χ1n) is 16.3. The topological polar surface area (TPSA) is 31.0 Å². The SMILES string of the molecule is CCCCCCC1OC1COc1ccc(-c2cc3c(c(F)c2F)CC(CCCCCOCCCCC)CC3)c(F)c1F. The van der Waals surface area contributed by atoms with Crippen LogP contribution in [0.2, 0.25) is 0 Å². The molecule has 42 heavy (non-hydrogen) atoms. The van der Waals surface area contributed by atoms with Crippen LogP contribution < -0.4 is 4.74 Å². The molecule has 2 aromatic carbocycles. The fraction of sp³-hybridized carbons (Fsp3) is 0.657. The molecule has 0 N–H and O–H groups in total. The highest BCUT2D eigenvalue weighted by Crippen LogP contribution is 2.38. The molecule has 3 atom stereocenters.